The van der Waals surface area contributed by atoms with Gasteiger partial charge < -0.3 is 19.7 Å². The van der Waals surface area contributed by atoms with Crippen LogP contribution in [0.3, 0.4) is 0 Å². The fourth-order valence-corrected chi connectivity index (χ4v) is 4.11. The summed E-state index contributed by atoms with van der Waals surface area (Å²) < 4.78 is 11.1. The van der Waals surface area contributed by atoms with Crippen LogP contribution in [0.1, 0.15) is 49.9 Å². The molecule has 0 spiro atoms. The van der Waals surface area contributed by atoms with E-state index in [0.717, 1.165) is 17.5 Å². The van der Waals surface area contributed by atoms with Gasteiger partial charge in [-0.3, -0.25) is 9.59 Å². The average Bonchev–Trinajstić information content (AvgIpc) is 2.81. The van der Waals surface area contributed by atoms with Gasteiger partial charge in [0.15, 0.2) is 6.10 Å². The van der Waals surface area contributed by atoms with E-state index < -0.39 is 6.10 Å². The molecule has 0 fully saturated rings. The number of carbonyl (C=O) groups is 2. The lowest BCUT2D eigenvalue weighted by molar-refractivity contribution is -0.136. The van der Waals surface area contributed by atoms with Crippen molar-refractivity contribution < 1.29 is 19.1 Å². The van der Waals surface area contributed by atoms with Crippen molar-refractivity contribution in [1.29, 1.82) is 0 Å². The maximum atomic E-state index is 13.0. The molecule has 172 valence electrons. The van der Waals surface area contributed by atoms with E-state index in [1.165, 1.54) is 5.56 Å². The van der Waals surface area contributed by atoms with Crippen LogP contribution in [-0.2, 0) is 20.7 Å². The SMILES string of the molecule is CC[C@H](Oc1ccc2c(c1)[C@@H](c1ccccc1)N(C(=O)C(C)C)CC2)C(=O)NCCOC. The Morgan fingerprint density at radius 1 is 1.16 bits per heavy atom. The third kappa shape index (κ3) is 5.49. The number of carbonyl (C=O) groups excluding carboxylic acids is 2. The minimum atomic E-state index is -0.586. The smallest absolute Gasteiger partial charge is 0.261 e. The van der Waals surface area contributed by atoms with Gasteiger partial charge in [-0.2, -0.15) is 0 Å². The molecule has 2 aromatic carbocycles. The van der Waals surface area contributed by atoms with Crippen LogP contribution in [0, 0.1) is 5.92 Å². The zero-order chi connectivity index (χ0) is 23.1. The monoisotopic (exact) mass is 438 g/mol. The summed E-state index contributed by atoms with van der Waals surface area (Å²) in [5.74, 6) is 0.540. The first-order valence-corrected chi connectivity index (χ1v) is 11.4. The molecule has 32 heavy (non-hydrogen) atoms. The highest BCUT2D eigenvalue weighted by Gasteiger charge is 2.33. The second-order valence-electron chi connectivity index (χ2n) is 8.41. The predicted octanol–water partition coefficient (Wildman–Crippen LogP) is 3.74. The van der Waals surface area contributed by atoms with Crippen LogP contribution in [0.2, 0.25) is 0 Å². The van der Waals surface area contributed by atoms with Gasteiger partial charge in [-0.05, 0) is 41.7 Å². The molecular weight excluding hydrogens is 404 g/mol. The molecule has 1 heterocycles. The fourth-order valence-electron chi connectivity index (χ4n) is 4.11. The molecule has 1 aliphatic heterocycles. The molecule has 2 aromatic rings. The lowest BCUT2D eigenvalue weighted by Gasteiger charge is -2.39. The van der Waals surface area contributed by atoms with Crippen LogP contribution >= 0.6 is 0 Å². The Labute approximate surface area is 190 Å². The molecule has 0 aliphatic carbocycles. The van der Waals surface area contributed by atoms with Crippen molar-refractivity contribution in [2.45, 2.75) is 45.8 Å². The normalized spacial score (nSPS) is 16.4. The molecule has 0 saturated heterocycles. The number of hydrogen-bond donors (Lipinski definition) is 1. The van der Waals surface area contributed by atoms with Crippen molar-refractivity contribution in [3.05, 3.63) is 65.2 Å². The van der Waals surface area contributed by atoms with E-state index in [9.17, 15) is 9.59 Å². The van der Waals surface area contributed by atoms with Crippen LogP contribution in [0.15, 0.2) is 48.5 Å². The van der Waals surface area contributed by atoms with Crippen LogP contribution < -0.4 is 10.1 Å². The second-order valence-corrected chi connectivity index (χ2v) is 8.41. The molecule has 6 nitrogen and oxygen atoms in total. The quantitative estimate of drug-likeness (QED) is 0.606. The number of ether oxygens (including phenoxy) is 2. The van der Waals surface area contributed by atoms with E-state index in [-0.39, 0.29) is 23.8 Å². The number of nitrogens with zero attached hydrogens (tertiary/aromatic N) is 1. The van der Waals surface area contributed by atoms with E-state index >= 15 is 0 Å². The zero-order valence-electron chi connectivity index (χ0n) is 19.5. The zero-order valence-corrected chi connectivity index (χ0v) is 19.5. The van der Waals surface area contributed by atoms with Gasteiger partial charge in [0.1, 0.15) is 5.75 Å². The lowest BCUT2D eigenvalue weighted by Crippen LogP contribution is -2.42. The topological polar surface area (TPSA) is 67.9 Å². The first kappa shape index (κ1) is 23.8. The van der Waals surface area contributed by atoms with Crippen molar-refractivity contribution >= 4 is 11.8 Å². The highest BCUT2D eigenvalue weighted by Crippen LogP contribution is 2.38. The Morgan fingerprint density at radius 2 is 1.91 bits per heavy atom. The maximum Gasteiger partial charge on any atom is 0.261 e. The van der Waals surface area contributed by atoms with Crippen LogP contribution in [0.4, 0.5) is 0 Å². The summed E-state index contributed by atoms with van der Waals surface area (Å²) in [4.78, 5) is 27.5. The van der Waals surface area contributed by atoms with Crippen LogP contribution in [0.25, 0.3) is 0 Å². The Kier molecular flexibility index (Phi) is 8.28. The number of methoxy groups -OCH3 is 1. The largest absolute Gasteiger partial charge is 0.481 e. The van der Waals surface area contributed by atoms with Gasteiger partial charge >= 0.3 is 0 Å². The number of rotatable bonds is 9. The van der Waals surface area contributed by atoms with Crippen molar-refractivity contribution in [2.24, 2.45) is 5.92 Å². The van der Waals surface area contributed by atoms with Crippen molar-refractivity contribution in [1.82, 2.24) is 10.2 Å². The summed E-state index contributed by atoms with van der Waals surface area (Å²) in [6.45, 7) is 7.39. The fraction of sp³-hybridized carbons (Fsp3) is 0.462. The molecule has 3 rings (SSSR count). The molecule has 1 N–H and O–H groups in total. The third-order valence-corrected chi connectivity index (χ3v) is 5.78. The van der Waals surface area contributed by atoms with E-state index in [1.807, 2.05) is 56.0 Å². The summed E-state index contributed by atoms with van der Waals surface area (Å²) in [5, 5.41) is 2.84. The highest BCUT2D eigenvalue weighted by atomic mass is 16.5. The van der Waals surface area contributed by atoms with Crippen molar-refractivity contribution in [3.63, 3.8) is 0 Å². The van der Waals surface area contributed by atoms with Crippen LogP contribution in [0.5, 0.6) is 5.75 Å². The van der Waals surface area contributed by atoms with Crippen molar-refractivity contribution in [2.75, 3.05) is 26.8 Å². The summed E-state index contributed by atoms with van der Waals surface area (Å²) >= 11 is 0. The second kappa shape index (κ2) is 11.1. The molecule has 0 bridgehead atoms. The van der Waals surface area contributed by atoms with Gasteiger partial charge in [0.25, 0.3) is 5.91 Å². The molecule has 2 atom stereocenters. The molecule has 0 radical (unpaired) electrons. The maximum absolute atomic E-state index is 13.0. The molecular formula is C26H34N2O4. The van der Waals surface area contributed by atoms with Gasteiger partial charge in [-0.15, -0.1) is 0 Å². The first-order valence-electron chi connectivity index (χ1n) is 11.4. The third-order valence-electron chi connectivity index (χ3n) is 5.78. The van der Waals surface area contributed by atoms with Gasteiger partial charge in [0, 0.05) is 26.1 Å². The number of benzene rings is 2. The molecule has 2 amide bonds. The summed E-state index contributed by atoms with van der Waals surface area (Å²) in [5.41, 5.74) is 3.34. The number of fused-ring (bicyclic) bond motifs is 1. The summed E-state index contributed by atoms with van der Waals surface area (Å²) in [6.07, 6.45) is 0.763. The summed E-state index contributed by atoms with van der Waals surface area (Å²) in [6, 6.07) is 15.9. The van der Waals surface area contributed by atoms with E-state index in [1.54, 1.807) is 7.11 Å². The number of amides is 2. The average molecular weight is 439 g/mol. The highest BCUT2D eigenvalue weighted by molar-refractivity contribution is 5.81. The van der Waals surface area contributed by atoms with Crippen LogP contribution in [-0.4, -0.2) is 49.6 Å². The Morgan fingerprint density at radius 3 is 2.56 bits per heavy atom. The molecule has 6 heteroatoms. The molecule has 0 aromatic heterocycles. The summed E-state index contributed by atoms with van der Waals surface area (Å²) in [7, 11) is 1.60. The standard InChI is InChI=1S/C26H34N2O4/c1-5-23(25(29)27-14-16-31-4)32-21-12-11-19-13-15-28(26(30)18(2)3)24(22(19)17-21)20-9-7-6-8-10-20/h6-12,17-18,23-24H,5,13-16H2,1-4H3,(H,27,29)/t23-,24+/m0/s1. The van der Waals surface area contributed by atoms with Gasteiger partial charge in [-0.1, -0.05) is 57.2 Å². The van der Waals surface area contributed by atoms with E-state index in [4.69, 9.17) is 9.47 Å². The molecule has 0 unspecified atom stereocenters. The van der Waals surface area contributed by atoms with Gasteiger partial charge in [0.05, 0.1) is 12.6 Å². The lowest BCUT2D eigenvalue weighted by atomic mass is 9.87. The Hall–Kier alpha value is -2.86. The van der Waals surface area contributed by atoms with E-state index in [2.05, 4.69) is 23.5 Å². The molecule has 0 saturated carbocycles. The number of hydrogen-bond acceptors (Lipinski definition) is 4. The van der Waals surface area contributed by atoms with Gasteiger partial charge in [-0.25, -0.2) is 0 Å². The Balaban J connectivity index is 1.91. The minimum absolute atomic E-state index is 0.0811. The van der Waals surface area contributed by atoms with Crippen molar-refractivity contribution in [3.8, 4) is 5.75 Å². The minimum Gasteiger partial charge on any atom is -0.481 e. The Bertz CT molecular complexity index is 913. The van der Waals surface area contributed by atoms with E-state index in [0.29, 0.717) is 31.9 Å². The van der Waals surface area contributed by atoms with Gasteiger partial charge in [0.2, 0.25) is 5.91 Å². The predicted molar refractivity (Wildman–Crippen MR) is 125 cm³/mol. The first-order chi connectivity index (χ1) is 15.5. The molecule has 1 aliphatic rings. The number of nitrogens with one attached hydrogen (secondary N) is 1.